The lowest BCUT2D eigenvalue weighted by Gasteiger charge is -2.49. The molecular weight excluding hydrogens is 626 g/mol. The number of hydrogen-bond donors (Lipinski definition) is 1. The molecule has 2 fully saturated rings. The predicted octanol–water partition coefficient (Wildman–Crippen LogP) is 7.41. The number of nitrogens with one attached hydrogen (secondary N) is 1. The van der Waals surface area contributed by atoms with Gasteiger partial charge in [-0.1, -0.05) is 71.4 Å². The Kier molecular flexibility index (Phi) is 7.79. The van der Waals surface area contributed by atoms with Gasteiger partial charge in [-0.2, -0.15) is 0 Å². The fourth-order valence-corrected chi connectivity index (χ4v) is 10.2. The SMILES string of the molecule is CCCCN1C2=C(C(=O)CC(C)(C)C2)C(c2ccc(OC(=O)C3CC4CCCN4C34C(=O)Nc3ccccc34)cc2)C2=C1CC(C)(C)CC2=O. The van der Waals surface area contributed by atoms with E-state index in [-0.39, 0.29) is 34.3 Å². The van der Waals surface area contributed by atoms with Crippen LogP contribution in [0.15, 0.2) is 71.1 Å². The number of carbonyl (C=O) groups excluding carboxylic acids is 4. The number of nitrogens with zero attached hydrogens (tertiary/aromatic N) is 2. The smallest absolute Gasteiger partial charge is 0.317 e. The van der Waals surface area contributed by atoms with Crippen LogP contribution in [0.1, 0.15) is 109 Å². The van der Waals surface area contributed by atoms with Crippen LogP contribution in [0.5, 0.6) is 5.75 Å². The first kappa shape index (κ1) is 33.1. The van der Waals surface area contributed by atoms with E-state index >= 15 is 0 Å². The molecule has 2 aromatic rings. The molecule has 8 nitrogen and oxygen atoms in total. The van der Waals surface area contributed by atoms with Crippen molar-refractivity contribution in [1.82, 2.24) is 9.80 Å². The van der Waals surface area contributed by atoms with Crippen LogP contribution in [0.3, 0.4) is 0 Å². The third kappa shape index (κ3) is 5.03. The van der Waals surface area contributed by atoms with E-state index in [1.165, 1.54) is 0 Å². The number of benzene rings is 2. The summed E-state index contributed by atoms with van der Waals surface area (Å²) in [6, 6.07) is 15.3. The molecule has 1 amide bonds. The van der Waals surface area contributed by atoms with Crippen molar-refractivity contribution in [3.63, 3.8) is 0 Å². The lowest BCUT2D eigenvalue weighted by atomic mass is 9.63. The van der Waals surface area contributed by atoms with Crippen LogP contribution in [0.25, 0.3) is 0 Å². The predicted molar refractivity (Wildman–Crippen MR) is 191 cm³/mol. The monoisotopic (exact) mass is 675 g/mol. The molecular formula is C42H49N3O5. The zero-order chi connectivity index (χ0) is 35.2. The fraction of sp³-hybridized carbons (Fsp3) is 0.524. The second-order valence-electron chi connectivity index (χ2n) is 17.1. The number of allylic oxidation sites excluding steroid dienone is 4. The van der Waals surface area contributed by atoms with E-state index in [0.29, 0.717) is 25.0 Å². The fourth-order valence-electron chi connectivity index (χ4n) is 10.2. The number of unbranched alkanes of at least 4 members (excludes halogenated alkanes) is 1. The van der Waals surface area contributed by atoms with E-state index in [0.717, 1.165) is 91.0 Å². The molecule has 3 atom stereocenters. The summed E-state index contributed by atoms with van der Waals surface area (Å²) in [5.41, 5.74) is 4.74. The molecule has 2 saturated heterocycles. The second-order valence-corrected chi connectivity index (χ2v) is 17.1. The van der Waals surface area contributed by atoms with E-state index in [1.54, 1.807) is 12.1 Å². The molecule has 50 heavy (non-hydrogen) atoms. The second kappa shape index (κ2) is 11.8. The van der Waals surface area contributed by atoms with Crippen molar-refractivity contribution in [2.45, 2.75) is 110 Å². The number of carbonyl (C=O) groups is 4. The number of Topliss-reactive ketones (excluding diaryl/α,β-unsaturated/α-hetero) is 2. The van der Waals surface area contributed by atoms with Crippen LogP contribution in [-0.2, 0) is 24.7 Å². The molecule has 0 radical (unpaired) electrons. The highest BCUT2D eigenvalue weighted by atomic mass is 16.5. The van der Waals surface area contributed by atoms with Crippen molar-refractivity contribution in [2.24, 2.45) is 16.7 Å². The number of anilines is 1. The molecule has 6 aliphatic rings. The lowest BCUT2D eigenvalue weighted by Crippen LogP contribution is -2.53. The van der Waals surface area contributed by atoms with Crippen LogP contribution in [-0.4, -0.2) is 52.4 Å². The van der Waals surface area contributed by atoms with Crippen LogP contribution in [0, 0.1) is 16.7 Å². The number of ether oxygens (including phenoxy) is 1. The summed E-state index contributed by atoms with van der Waals surface area (Å²) in [4.78, 5) is 60.7. The molecule has 3 unspecified atom stereocenters. The van der Waals surface area contributed by atoms with E-state index in [2.05, 4.69) is 49.7 Å². The summed E-state index contributed by atoms with van der Waals surface area (Å²) in [7, 11) is 0. The summed E-state index contributed by atoms with van der Waals surface area (Å²) >= 11 is 0. The Balaban J connectivity index is 1.14. The maximum absolute atomic E-state index is 14.1. The summed E-state index contributed by atoms with van der Waals surface area (Å²) in [5.74, 6) is -1.03. The van der Waals surface area contributed by atoms with Crippen molar-refractivity contribution < 1.29 is 23.9 Å². The minimum absolute atomic E-state index is 0.115. The Morgan fingerprint density at radius 2 is 1.52 bits per heavy atom. The number of hydrogen-bond acceptors (Lipinski definition) is 7. The molecule has 8 heteroatoms. The highest BCUT2D eigenvalue weighted by Gasteiger charge is 2.66. The molecule has 0 aromatic heterocycles. The molecule has 1 spiro atoms. The van der Waals surface area contributed by atoms with Gasteiger partial charge in [0.1, 0.15) is 11.3 Å². The standard InChI is InChI=1S/C42H49N3O5/c1-6-7-18-44-31-21-40(2,3)23-33(46)36(31)35(37-32(44)22-41(4,5)24-34(37)47)25-14-16-27(17-15-25)50-38(48)29-20-26-11-10-19-45(26)42(29)28-12-8-9-13-30(28)43-39(42)49/h8-9,12-17,26,29,35H,6-7,10-11,18-24H2,1-5H3,(H,43,49). The first-order valence-corrected chi connectivity index (χ1v) is 18.6. The summed E-state index contributed by atoms with van der Waals surface area (Å²) < 4.78 is 6.12. The molecule has 0 bridgehead atoms. The molecule has 262 valence electrons. The normalized spacial score (nSPS) is 28.5. The first-order chi connectivity index (χ1) is 23.8. The van der Waals surface area contributed by atoms with Gasteiger partial charge in [0.15, 0.2) is 11.6 Å². The van der Waals surface area contributed by atoms with Crippen molar-refractivity contribution in [3.8, 4) is 5.75 Å². The Labute approximate surface area is 295 Å². The quantitative estimate of drug-likeness (QED) is 0.252. The van der Waals surface area contributed by atoms with Crippen LogP contribution in [0.2, 0.25) is 0 Å². The number of ketones is 2. The van der Waals surface area contributed by atoms with Gasteiger partial charge in [0, 0.05) is 65.1 Å². The van der Waals surface area contributed by atoms with Gasteiger partial charge in [-0.3, -0.25) is 24.1 Å². The molecule has 8 rings (SSSR count). The minimum atomic E-state index is -1.07. The minimum Gasteiger partial charge on any atom is -0.426 e. The number of rotatable bonds is 6. The Hall–Kier alpha value is -4.04. The van der Waals surface area contributed by atoms with Crippen molar-refractivity contribution >= 4 is 29.1 Å². The van der Waals surface area contributed by atoms with Crippen molar-refractivity contribution in [1.29, 1.82) is 0 Å². The number of para-hydroxylation sites is 1. The average Bonchev–Trinajstić information content (AvgIpc) is 3.72. The highest BCUT2D eigenvalue weighted by molar-refractivity contribution is 6.09. The zero-order valence-electron chi connectivity index (χ0n) is 30.1. The first-order valence-electron chi connectivity index (χ1n) is 18.6. The van der Waals surface area contributed by atoms with E-state index in [4.69, 9.17) is 4.74 Å². The molecule has 4 heterocycles. The molecule has 1 N–H and O–H groups in total. The van der Waals surface area contributed by atoms with E-state index < -0.39 is 23.3 Å². The Morgan fingerprint density at radius 1 is 0.880 bits per heavy atom. The number of amides is 1. The van der Waals surface area contributed by atoms with Crippen LogP contribution in [0.4, 0.5) is 5.69 Å². The topological polar surface area (TPSA) is 96.0 Å². The number of fused-ring (bicyclic) bond motifs is 4. The largest absolute Gasteiger partial charge is 0.426 e. The van der Waals surface area contributed by atoms with Gasteiger partial charge >= 0.3 is 5.97 Å². The van der Waals surface area contributed by atoms with Crippen molar-refractivity contribution in [3.05, 3.63) is 82.2 Å². The molecule has 2 aromatic carbocycles. The van der Waals surface area contributed by atoms with Gasteiger partial charge in [-0.25, -0.2) is 0 Å². The molecule has 2 aliphatic carbocycles. The van der Waals surface area contributed by atoms with Gasteiger partial charge in [0.05, 0.1) is 5.92 Å². The van der Waals surface area contributed by atoms with E-state index in [9.17, 15) is 19.2 Å². The molecule has 4 aliphatic heterocycles. The third-order valence-corrected chi connectivity index (χ3v) is 12.2. The number of esters is 1. The van der Waals surface area contributed by atoms with E-state index in [1.807, 2.05) is 36.4 Å². The highest BCUT2D eigenvalue weighted by Crippen LogP contribution is 2.57. The maximum atomic E-state index is 14.1. The van der Waals surface area contributed by atoms with Crippen LogP contribution >= 0.6 is 0 Å². The molecule has 0 saturated carbocycles. The van der Waals surface area contributed by atoms with Gasteiger partial charge in [-0.15, -0.1) is 0 Å². The Morgan fingerprint density at radius 3 is 2.16 bits per heavy atom. The maximum Gasteiger partial charge on any atom is 0.317 e. The third-order valence-electron chi connectivity index (χ3n) is 12.2. The summed E-state index contributed by atoms with van der Waals surface area (Å²) in [6.07, 6.45) is 6.99. The summed E-state index contributed by atoms with van der Waals surface area (Å²) in [6.45, 7) is 12.4. The van der Waals surface area contributed by atoms with Gasteiger partial charge in [0.2, 0.25) is 0 Å². The van der Waals surface area contributed by atoms with Crippen LogP contribution < -0.4 is 10.1 Å². The van der Waals surface area contributed by atoms with Crippen molar-refractivity contribution in [2.75, 3.05) is 18.4 Å². The zero-order valence-corrected chi connectivity index (χ0v) is 30.1. The van der Waals surface area contributed by atoms with Gasteiger partial charge in [-0.05, 0) is 79.7 Å². The van der Waals surface area contributed by atoms with Gasteiger partial charge in [0.25, 0.3) is 5.91 Å². The Bertz CT molecular complexity index is 1820. The average molecular weight is 676 g/mol. The van der Waals surface area contributed by atoms with Gasteiger partial charge < -0.3 is 15.0 Å². The summed E-state index contributed by atoms with van der Waals surface area (Å²) in [5, 5.41) is 3.06. The lowest BCUT2D eigenvalue weighted by molar-refractivity contribution is -0.147.